The molecule has 18 heavy (non-hydrogen) atoms. The zero-order chi connectivity index (χ0) is 13.1. The molecule has 4 heteroatoms. The molecule has 0 bridgehead atoms. The fraction of sp³-hybridized carbons (Fsp3) is 0.429. The fourth-order valence-electron chi connectivity index (χ4n) is 2.44. The molecule has 1 aromatic carbocycles. The maximum atomic E-state index is 5.68. The van der Waals surface area contributed by atoms with Gasteiger partial charge in [0.1, 0.15) is 5.82 Å². The highest BCUT2D eigenvalue weighted by Crippen LogP contribution is 2.25. The van der Waals surface area contributed by atoms with E-state index in [4.69, 9.17) is 18.0 Å². The third-order valence-corrected chi connectivity index (χ3v) is 3.45. The lowest BCUT2D eigenvalue weighted by Gasteiger charge is -2.18. The molecule has 0 fully saturated rings. The monoisotopic (exact) mass is 261 g/mol. The number of hydrogen-bond acceptors (Lipinski definition) is 2. The Morgan fingerprint density at radius 2 is 2.00 bits per heavy atom. The Kier molecular flexibility index (Phi) is 3.97. The maximum Gasteiger partial charge on any atom is 0.116 e. The molecule has 0 aliphatic carbocycles. The van der Waals surface area contributed by atoms with Crippen LogP contribution in [0.5, 0.6) is 0 Å². The lowest BCUT2D eigenvalue weighted by molar-refractivity contribution is 0.471. The highest BCUT2D eigenvalue weighted by Gasteiger charge is 2.16. The zero-order valence-corrected chi connectivity index (χ0v) is 11.7. The Balaban J connectivity index is 2.60. The predicted molar refractivity (Wildman–Crippen MR) is 79.8 cm³/mol. The molecule has 2 aromatic rings. The van der Waals surface area contributed by atoms with Crippen LogP contribution in [0.3, 0.4) is 0 Å². The first-order valence-electron chi connectivity index (χ1n) is 6.41. The lowest BCUT2D eigenvalue weighted by Crippen LogP contribution is -2.18. The minimum Gasteiger partial charge on any atom is -0.393 e. The minimum atomic E-state index is 0.460. The van der Waals surface area contributed by atoms with Gasteiger partial charge < -0.3 is 10.3 Å². The summed E-state index contributed by atoms with van der Waals surface area (Å²) < 4.78 is 2.30. The van der Waals surface area contributed by atoms with E-state index in [1.54, 1.807) is 0 Å². The number of nitrogens with zero attached hydrogens (tertiary/aromatic N) is 2. The van der Waals surface area contributed by atoms with E-state index < -0.39 is 0 Å². The van der Waals surface area contributed by atoms with E-state index in [-0.39, 0.29) is 0 Å². The number of rotatable bonds is 5. The molecule has 0 aliphatic rings. The summed E-state index contributed by atoms with van der Waals surface area (Å²) in [5.41, 5.74) is 7.88. The van der Waals surface area contributed by atoms with Gasteiger partial charge in [-0.1, -0.05) is 38.2 Å². The van der Waals surface area contributed by atoms with Gasteiger partial charge in [-0.2, -0.15) is 0 Å². The first-order chi connectivity index (χ1) is 8.67. The summed E-state index contributed by atoms with van der Waals surface area (Å²) in [6, 6.07) is 8.67. The van der Waals surface area contributed by atoms with Crippen LogP contribution in [0.25, 0.3) is 11.0 Å². The second-order valence-corrected chi connectivity index (χ2v) is 5.02. The Morgan fingerprint density at radius 3 is 2.61 bits per heavy atom. The number of benzene rings is 1. The number of fused-ring (bicyclic) bond motifs is 1. The van der Waals surface area contributed by atoms with Crippen molar-refractivity contribution in [1.29, 1.82) is 0 Å². The van der Waals surface area contributed by atoms with Crippen LogP contribution in [0.4, 0.5) is 0 Å². The number of hydrogen-bond donors (Lipinski definition) is 1. The van der Waals surface area contributed by atoms with Gasteiger partial charge in [0.15, 0.2) is 0 Å². The van der Waals surface area contributed by atoms with Crippen LogP contribution in [0, 0.1) is 0 Å². The van der Waals surface area contributed by atoms with Crippen molar-refractivity contribution in [2.75, 3.05) is 0 Å². The molecule has 1 heterocycles. The normalized spacial score (nSPS) is 11.3. The van der Waals surface area contributed by atoms with E-state index >= 15 is 0 Å². The van der Waals surface area contributed by atoms with Crippen molar-refractivity contribution in [3.05, 3.63) is 30.1 Å². The largest absolute Gasteiger partial charge is 0.393 e. The van der Waals surface area contributed by atoms with Crippen LogP contribution in [-0.2, 0) is 6.42 Å². The molecule has 0 aliphatic heterocycles. The Bertz CT molecular complexity index is 555. The van der Waals surface area contributed by atoms with Crippen molar-refractivity contribution in [2.45, 2.75) is 39.2 Å². The molecule has 0 saturated heterocycles. The molecular formula is C14H19N3S. The molecule has 0 spiro atoms. The van der Waals surface area contributed by atoms with Gasteiger partial charge in [-0.3, -0.25) is 0 Å². The average Bonchev–Trinajstić information content (AvgIpc) is 2.69. The Morgan fingerprint density at radius 1 is 1.33 bits per heavy atom. The van der Waals surface area contributed by atoms with E-state index in [9.17, 15) is 0 Å². The van der Waals surface area contributed by atoms with E-state index in [2.05, 4.69) is 29.5 Å². The van der Waals surface area contributed by atoms with Gasteiger partial charge in [-0.05, 0) is 25.0 Å². The van der Waals surface area contributed by atoms with E-state index in [0.29, 0.717) is 17.5 Å². The van der Waals surface area contributed by atoms with Crippen LogP contribution < -0.4 is 5.73 Å². The molecule has 2 N–H and O–H groups in total. The summed E-state index contributed by atoms with van der Waals surface area (Å²) in [6.45, 7) is 4.40. The smallest absolute Gasteiger partial charge is 0.116 e. The lowest BCUT2D eigenvalue weighted by atomic mass is 10.1. The summed E-state index contributed by atoms with van der Waals surface area (Å²) >= 11 is 5.03. The van der Waals surface area contributed by atoms with Gasteiger partial charge in [0.25, 0.3) is 0 Å². The summed E-state index contributed by atoms with van der Waals surface area (Å²) in [7, 11) is 0. The van der Waals surface area contributed by atoms with E-state index in [0.717, 1.165) is 24.2 Å². The number of para-hydroxylation sites is 2. The molecular weight excluding hydrogens is 242 g/mol. The quantitative estimate of drug-likeness (QED) is 0.840. The number of imidazole rings is 1. The highest BCUT2D eigenvalue weighted by molar-refractivity contribution is 7.80. The molecule has 0 amide bonds. The van der Waals surface area contributed by atoms with Crippen molar-refractivity contribution in [2.24, 2.45) is 5.73 Å². The van der Waals surface area contributed by atoms with Crippen molar-refractivity contribution >= 4 is 28.2 Å². The maximum absolute atomic E-state index is 5.68. The molecule has 0 saturated carbocycles. The predicted octanol–water partition coefficient (Wildman–Crippen LogP) is 3.23. The van der Waals surface area contributed by atoms with Crippen LogP contribution in [0.1, 0.15) is 38.6 Å². The Labute approximate surface area is 113 Å². The summed E-state index contributed by atoms with van der Waals surface area (Å²) in [6.07, 6.45) is 2.74. The average molecular weight is 261 g/mol. The van der Waals surface area contributed by atoms with Gasteiger partial charge in [0, 0.05) is 6.04 Å². The molecule has 3 nitrogen and oxygen atoms in total. The fourth-order valence-corrected chi connectivity index (χ4v) is 2.57. The summed E-state index contributed by atoms with van der Waals surface area (Å²) in [5.74, 6) is 0.984. The summed E-state index contributed by atoms with van der Waals surface area (Å²) in [5, 5.41) is 0. The van der Waals surface area contributed by atoms with Crippen LogP contribution >= 0.6 is 12.2 Å². The van der Waals surface area contributed by atoms with E-state index in [1.807, 2.05) is 18.2 Å². The van der Waals surface area contributed by atoms with Crippen LogP contribution in [-0.4, -0.2) is 14.5 Å². The third kappa shape index (κ3) is 2.38. The van der Waals surface area contributed by atoms with Gasteiger partial charge in [-0.15, -0.1) is 0 Å². The molecule has 2 rings (SSSR count). The van der Waals surface area contributed by atoms with Gasteiger partial charge in [-0.25, -0.2) is 4.98 Å². The number of nitrogens with two attached hydrogens (primary N) is 1. The number of aromatic nitrogens is 2. The second-order valence-electron chi connectivity index (χ2n) is 4.50. The zero-order valence-electron chi connectivity index (χ0n) is 10.9. The Hall–Kier alpha value is -1.42. The van der Waals surface area contributed by atoms with Gasteiger partial charge >= 0.3 is 0 Å². The highest BCUT2D eigenvalue weighted by atomic mass is 32.1. The first-order valence-corrected chi connectivity index (χ1v) is 6.82. The topological polar surface area (TPSA) is 43.8 Å². The molecule has 0 unspecified atom stereocenters. The van der Waals surface area contributed by atoms with Crippen molar-refractivity contribution in [1.82, 2.24) is 9.55 Å². The first kappa shape index (κ1) is 13.0. The van der Waals surface area contributed by atoms with Crippen molar-refractivity contribution in [3.63, 3.8) is 0 Å². The third-order valence-electron chi connectivity index (χ3n) is 3.31. The van der Waals surface area contributed by atoms with Crippen molar-refractivity contribution in [3.8, 4) is 0 Å². The second kappa shape index (κ2) is 5.48. The molecule has 1 aromatic heterocycles. The van der Waals surface area contributed by atoms with Crippen LogP contribution in [0.15, 0.2) is 24.3 Å². The molecule has 0 radical (unpaired) electrons. The molecule has 96 valence electrons. The van der Waals surface area contributed by atoms with Crippen molar-refractivity contribution < 1.29 is 0 Å². The summed E-state index contributed by atoms with van der Waals surface area (Å²) in [4.78, 5) is 5.16. The molecule has 0 atom stereocenters. The number of thiocarbonyl (C=S) groups is 1. The SMILES string of the molecule is CCC(CC)n1c(CC(N)=S)nc2ccccc21. The van der Waals surface area contributed by atoms with Crippen LogP contribution in [0.2, 0.25) is 0 Å². The van der Waals surface area contributed by atoms with E-state index in [1.165, 1.54) is 5.52 Å². The van der Waals surface area contributed by atoms with Gasteiger partial charge in [0.2, 0.25) is 0 Å². The standard InChI is InChI=1S/C14H19N3S/c1-3-10(4-2)17-12-8-6-5-7-11(12)16-14(17)9-13(15)18/h5-8,10H,3-4,9H2,1-2H3,(H2,15,18). The van der Waals surface area contributed by atoms with Gasteiger partial charge in [0.05, 0.1) is 22.4 Å². The minimum absolute atomic E-state index is 0.460.